The minimum atomic E-state index is -0.0592. The number of hydrogen-bond donors (Lipinski definition) is 0. The number of hydrogen-bond acceptors (Lipinski definition) is 6. The van der Waals surface area contributed by atoms with Gasteiger partial charge in [-0.3, -0.25) is 4.79 Å². The number of aromatic nitrogens is 3. The van der Waals surface area contributed by atoms with Crippen LogP contribution in [0, 0.1) is 0 Å². The lowest BCUT2D eigenvalue weighted by Crippen LogP contribution is -2.31. The first-order valence-corrected chi connectivity index (χ1v) is 9.26. The molecule has 126 valence electrons. The largest absolute Gasteiger partial charge is 0.490 e. The highest BCUT2D eigenvalue weighted by atomic mass is 79.9. The first-order valence-electron chi connectivity index (χ1n) is 7.65. The molecule has 8 heteroatoms. The third kappa shape index (κ3) is 3.27. The van der Waals surface area contributed by atoms with E-state index in [2.05, 4.69) is 30.9 Å². The zero-order chi connectivity index (χ0) is 17.2. The Kier molecular flexibility index (Phi) is 4.46. The van der Waals surface area contributed by atoms with E-state index < -0.39 is 0 Å². The predicted molar refractivity (Wildman–Crippen MR) is 97.5 cm³/mol. The van der Waals surface area contributed by atoms with E-state index in [1.54, 1.807) is 29.6 Å². The number of fused-ring (bicyclic) bond motifs is 1. The third-order valence-corrected chi connectivity index (χ3v) is 5.38. The molecule has 0 saturated carbocycles. The fourth-order valence-electron chi connectivity index (χ4n) is 2.60. The van der Waals surface area contributed by atoms with Crippen LogP contribution in [0.4, 0.5) is 0 Å². The average Bonchev–Trinajstić information content (AvgIpc) is 3.03. The number of carbonyl (C=O) groups excluding carboxylic acids is 1. The standard InChI is InChI=1S/C17H13BrN4O2S/c18-12-4-1-3-11-10-22(7-8-24-14(11)12)17(23)13-9-21-16(25-13)15-19-5-2-6-20-15/h1-6,9H,7-8,10H2. The Hall–Kier alpha value is -2.32. The maximum Gasteiger partial charge on any atom is 0.266 e. The molecule has 0 aliphatic carbocycles. The van der Waals surface area contributed by atoms with Gasteiger partial charge in [0, 0.05) is 24.5 Å². The number of halogens is 1. The van der Waals surface area contributed by atoms with Crippen molar-refractivity contribution in [2.24, 2.45) is 0 Å². The summed E-state index contributed by atoms with van der Waals surface area (Å²) in [6.45, 7) is 1.48. The fraction of sp³-hybridized carbons (Fsp3) is 0.176. The van der Waals surface area contributed by atoms with Gasteiger partial charge < -0.3 is 9.64 Å². The van der Waals surface area contributed by atoms with Crippen LogP contribution in [0.25, 0.3) is 10.8 Å². The lowest BCUT2D eigenvalue weighted by Gasteiger charge is -2.18. The molecule has 25 heavy (non-hydrogen) atoms. The van der Waals surface area contributed by atoms with Crippen molar-refractivity contribution in [3.63, 3.8) is 0 Å². The number of rotatable bonds is 2. The number of benzene rings is 1. The summed E-state index contributed by atoms with van der Waals surface area (Å²) in [4.78, 5) is 27.9. The van der Waals surface area contributed by atoms with E-state index in [1.807, 2.05) is 18.2 Å². The van der Waals surface area contributed by atoms with Gasteiger partial charge >= 0.3 is 0 Å². The van der Waals surface area contributed by atoms with Gasteiger partial charge in [-0.2, -0.15) is 0 Å². The molecule has 0 saturated heterocycles. The van der Waals surface area contributed by atoms with E-state index >= 15 is 0 Å². The summed E-state index contributed by atoms with van der Waals surface area (Å²) >= 11 is 4.80. The molecular weight excluding hydrogens is 404 g/mol. The van der Waals surface area contributed by atoms with Gasteiger partial charge in [-0.05, 0) is 28.1 Å². The minimum absolute atomic E-state index is 0.0592. The molecule has 3 aromatic rings. The molecular formula is C17H13BrN4O2S. The minimum Gasteiger partial charge on any atom is -0.490 e. The molecule has 1 aliphatic heterocycles. The molecule has 6 nitrogen and oxygen atoms in total. The Bertz CT molecular complexity index is 916. The zero-order valence-electron chi connectivity index (χ0n) is 13.1. The highest BCUT2D eigenvalue weighted by Gasteiger charge is 2.24. The zero-order valence-corrected chi connectivity index (χ0v) is 15.5. The van der Waals surface area contributed by atoms with Crippen molar-refractivity contribution in [1.29, 1.82) is 0 Å². The Morgan fingerprint density at radius 1 is 1.20 bits per heavy atom. The van der Waals surface area contributed by atoms with Gasteiger partial charge in [-0.1, -0.05) is 12.1 Å². The van der Waals surface area contributed by atoms with Gasteiger partial charge in [0.1, 0.15) is 17.2 Å². The van der Waals surface area contributed by atoms with Crippen molar-refractivity contribution in [2.45, 2.75) is 6.54 Å². The Labute approximate surface area is 156 Å². The number of ether oxygens (including phenoxy) is 1. The van der Waals surface area contributed by atoms with Crippen molar-refractivity contribution in [3.05, 3.63) is 57.8 Å². The van der Waals surface area contributed by atoms with E-state index in [0.717, 1.165) is 15.8 Å². The summed E-state index contributed by atoms with van der Waals surface area (Å²) in [7, 11) is 0. The van der Waals surface area contributed by atoms with E-state index in [9.17, 15) is 4.79 Å². The van der Waals surface area contributed by atoms with E-state index in [-0.39, 0.29) is 5.91 Å². The number of para-hydroxylation sites is 1. The summed E-state index contributed by atoms with van der Waals surface area (Å²) in [5.41, 5.74) is 0.983. The molecule has 2 aromatic heterocycles. The van der Waals surface area contributed by atoms with Crippen LogP contribution >= 0.6 is 27.3 Å². The van der Waals surface area contributed by atoms with Gasteiger partial charge in [-0.15, -0.1) is 11.3 Å². The van der Waals surface area contributed by atoms with E-state index in [1.165, 1.54) is 11.3 Å². The second kappa shape index (κ2) is 6.89. The molecule has 0 unspecified atom stereocenters. The summed E-state index contributed by atoms with van der Waals surface area (Å²) in [5, 5.41) is 0.637. The number of carbonyl (C=O) groups is 1. The first kappa shape index (κ1) is 16.2. The van der Waals surface area contributed by atoms with Crippen LogP contribution in [0.2, 0.25) is 0 Å². The second-order valence-electron chi connectivity index (χ2n) is 5.41. The molecule has 0 radical (unpaired) electrons. The molecule has 0 spiro atoms. The molecule has 1 aliphatic rings. The molecule has 3 heterocycles. The summed E-state index contributed by atoms with van der Waals surface area (Å²) in [6, 6.07) is 7.60. The Morgan fingerprint density at radius 3 is 2.88 bits per heavy atom. The fourth-order valence-corrected chi connectivity index (χ4v) is 3.95. The Balaban J connectivity index is 1.58. The average molecular weight is 417 g/mol. The summed E-state index contributed by atoms with van der Waals surface area (Å²) in [6.07, 6.45) is 4.91. The monoisotopic (exact) mass is 416 g/mol. The van der Waals surface area contributed by atoms with Crippen molar-refractivity contribution in [1.82, 2.24) is 19.9 Å². The second-order valence-corrected chi connectivity index (χ2v) is 7.29. The predicted octanol–water partition coefficient (Wildman–Crippen LogP) is 3.40. The van der Waals surface area contributed by atoms with Crippen molar-refractivity contribution in [2.75, 3.05) is 13.2 Å². The number of amides is 1. The highest BCUT2D eigenvalue weighted by molar-refractivity contribution is 9.10. The van der Waals surface area contributed by atoms with Gasteiger partial charge in [0.15, 0.2) is 10.8 Å². The van der Waals surface area contributed by atoms with E-state index in [0.29, 0.717) is 35.4 Å². The maximum absolute atomic E-state index is 12.9. The Morgan fingerprint density at radius 2 is 2.04 bits per heavy atom. The number of thiazole rings is 1. The summed E-state index contributed by atoms with van der Waals surface area (Å²) in [5.74, 6) is 1.27. The van der Waals surface area contributed by atoms with Crippen molar-refractivity contribution < 1.29 is 9.53 Å². The smallest absolute Gasteiger partial charge is 0.266 e. The van der Waals surface area contributed by atoms with Crippen molar-refractivity contribution >= 4 is 33.2 Å². The maximum atomic E-state index is 12.9. The molecule has 0 bridgehead atoms. The van der Waals surface area contributed by atoms with Gasteiger partial charge in [0.25, 0.3) is 5.91 Å². The molecule has 1 aromatic carbocycles. The van der Waals surface area contributed by atoms with Crippen LogP contribution in [0.3, 0.4) is 0 Å². The topological polar surface area (TPSA) is 68.2 Å². The van der Waals surface area contributed by atoms with Crippen LogP contribution in [0.5, 0.6) is 5.75 Å². The molecule has 0 atom stereocenters. The highest BCUT2D eigenvalue weighted by Crippen LogP contribution is 2.32. The van der Waals surface area contributed by atoms with Crippen LogP contribution in [0.1, 0.15) is 15.2 Å². The quantitative estimate of drug-likeness (QED) is 0.640. The first-order chi connectivity index (χ1) is 12.2. The van der Waals surface area contributed by atoms with Crippen molar-refractivity contribution in [3.8, 4) is 16.6 Å². The lowest BCUT2D eigenvalue weighted by atomic mass is 10.2. The molecule has 0 N–H and O–H groups in total. The third-order valence-electron chi connectivity index (χ3n) is 3.78. The molecule has 0 fully saturated rings. The van der Waals surface area contributed by atoms with Gasteiger partial charge in [-0.25, -0.2) is 15.0 Å². The van der Waals surface area contributed by atoms with Crippen LogP contribution in [-0.4, -0.2) is 38.9 Å². The normalized spacial score (nSPS) is 13.7. The molecule has 4 rings (SSSR count). The lowest BCUT2D eigenvalue weighted by molar-refractivity contribution is 0.0738. The van der Waals surface area contributed by atoms with Crippen LogP contribution in [0.15, 0.2) is 47.3 Å². The van der Waals surface area contributed by atoms with Crippen LogP contribution in [-0.2, 0) is 6.54 Å². The van der Waals surface area contributed by atoms with E-state index in [4.69, 9.17) is 4.74 Å². The number of nitrogens with zero attached hydrogens (tertiary/aromatic N) is 4. The SMILES string of the molecule is O=C(c1cnc(-c2ncccn2)s1)N1CCOc2c(Br)cccc2C1. The van der Waals surface area contributed by atoms with Crippen LogP contribution < -0.4 is 4.74 Å². The van der Waals surface area contributed by atoms with Gasteiger partial charge in [0.2, 0.25) is 0 Å². The summed E-state index contributed by atoms with van der Waals surface area (Å²) < 4.78 is 6.70. The molecule has 1 amide bonds. The van der Waals surface area contributed by atoms with Gasteiger partial charge in [0.05, 0.1) is 17.2 Å².